The second-order valence-electron chi connectivity index (χ2n) is 3.66. The van der Waals surface area contributed by atoms with Crippen molar-refractivity contribution in [1.82, 2.24) is 9.13 Å². The average Bonchev–Trinajstić information content (AvgIpc) is 2.34. The Balaban J connectivity index is 2.46. The molecule has 0 radical (unpaired) electrons. The van der Waals surface area contributed by atoms with E-state index in [4.69, 9.17) is 6.42 Å². The van der Waals surface area contributed by atoms with E-state index in [1.807, 2.05) is 24.3 Å². The first-order chi connectivity index (χ1) is 8.61. The van der Waals surface area contributed by atoms with Crippen LogP contribution in [0.25, 0.3) is 0 Å². The molecule has 0 amide bonds. The summed E-state index contributed by atoms with van der Waals surface area (Å²) in [5.41, 5.74) is -0.0633. The van der Waals surface area contributed by atoms with Crippen LogP contribution in [0.1, 0.15) is 5.56 Å². The van der Waals surface area contributed by atoms with Crippen LogP contribution < -0.4 is 11.2 Å². The highest BCUT2D eigenvalue weighted by molar-refractivity contribution is 9.10. The van der Waals surface area contributed by atoms with Crippen LogP contribution in [-0.2, 0) is 6.54 Å². The number of hydrogen-bond acceptors (Lipinski definition) is 2. The van der Waals surface area contributed by atoms with Gasteiger partial charge in [-0.3, -0.25) is 9.36 Å². The van der Waals surface area contributed by atoms with Gasteiger partial charge in [0.2, 0.25) is 0 Å². The molecule has 0 aliphatic carbocycles. The summed E-state index contributed by atoms with van der Waals surface area (Å²) < 4.78 is 3.07. The molecule has 0 aliphatic rings. The molecule has 0 saturated heterocycles. The van der Waals surface area contributed by atoms with Crippen molar-refractivity contribution in [3.63, 3.8) is 0 Å². The Kier molecular flexibility index (Phi) is 3.49. The van der Waals surface area contributed by atoms with E-state index >= 15 is 0 Å². The van der Waals surface area contributed by atoms with E-state index in [0.29, 0.717) is 6.54 Å². The van der Waals surface area contributed by atoms with Crippen LogP contribution in [-0.4, -0.2) is 9.13 Å². The predicted octanol–water partition coefficient (Wildman–Crippen LogP) is 1.26. The van der Waals surface area contributed by atoms with Crippen molar-refractivity contribution >= 4 is 15.9 Å². The fraction of sp³-hybridized carbons (Fsp3) is 0.0769. The summed E-state index contributed by atoms with van der Waals surface area (Å²) in [6.07, 6.45) is 6.57. The quantitative estimate of drug-likeness (QED) is 0.784. The molecular weight excluding hydrogens is 296 g/mol. The van der Waals surface area contributed by atoms with E-state index in [9.17, 15) is 9.59 Å². The highest BCUT2D eigenvalue weighted by atomic mass is 79.9. The molecule has 1 aromatic carbocycles. The van der Waals surface area contributed by atoms with Gasteiger partial charge in [0.15, 0.2) is 0 Å². The molecular formula is C13H9BrN2O2. The lowest BCUT2D eigenvalue weighted by molar-refractivity contribution is 0.689. The van der Waals surface area contributed by atoms with Crippen molar-refractivity contribution in [2.75, 3.05) is 0 Å². The summed E-state index contributed by atoms with van der Waals surface area (Å²) in [5, 5.41) is 0. The minimum Gasteiger partial charge on any atom is -0.295 e. The van der Waals surface area contributed by atoms with E-state index in [-0.39, 0.29) is 0 Å². The van der Waals surface area contributed by atoms with E-state index in [1.165, 1.54) is 16.8 Å². The van der Waals surface area contributed by atoms with Crippen LogP contribution in [0.4, 0.5) is 0 Å². The molecule has 2 aromatic rings. The zero-order valence-corrected chi connectivity index (χ0v) is 10.9. The summed E-state index contributed by atoms with van der Waals surface area (Å²) in [6, 6.07) is 10.9. The molecule has 1 heterocycles. The Morgan fingerprint density at radius 3 is 2.72 bits per heavy atom. The van der Waals surface area contributed by atoms with Crippen molar-refractivity contribution in [1.29, 1.82) is 0 Å². The molecule has 0 N–H and O–H groups in total. The first-order valence-electron chi connectivity index (χ1n) is 5.15. The van der Waals surface area contributed by atoms with Gasteiger partial charge in [0, 0.05) is 22.8 Å². The van der Waals surface area contributed by atoms with Gasteiger partial charge in [0.1, 0.15) is 0 Å². The molecule has 5 heteroatoms. The van der Waals surface area contributed by atoms with Gasteiger partial charge in [0.05, 0.1) is 6.54 Å². The van der Waals surface area contributed by atoms with E-state index in [1.54, 1.807) is 0 Å². The fourth-order valence-electron chi connectivity index (χ4n) is 1.59. The lowest BCUT2D eigenvalue weighted by Crippen LogP contribution is -2.37. The van der Waals surface area contributed by atoms with Gasteiger partial charge in [-0.05, 0) is 17.7 Å². The number of rotatable bonds is 2. The Hall–Kier alpha value is -2.06. The second-order valence-corrected chi connectivity index (χ2v) is 4.57. The molecule has 90 valence electrons. The molecule has 0 saturated carbocycles. The number of aromatic nitrogens is 2. The van der Waals surface area contributed by atoms with Gasteiger partial charge < -0.3 is 0 Å². The van der Waals surface area contributed by atoms with Gasteiger partial charge in [-0.25, -0.2) is 4.79 Å². The second kappa shape index (κ2) is 5.07. The van der Waals surface area contributed by atoms with Crippen LogP contribution in [0, 0.1) is 12.5 Å². The maximum atomic E-state index is 11.9. The van der Waals surface area contributed by atoms with Crippen LogP contribution in [0.3, 0.4) is 0 Å². The molecule has 0 unspecified atom stereocenters. The molecule has 0 fully saturated rings. The monoisotopic (exact) mass is 304 g/mol. The predicted molar refractivity (Wildman–Crippen MR) is 72.4 cm³/mol. The number of nitrogens with zero attached hydrogens (tertiary/aromatic N) is 2. The lowest BCUT2D eigenvalue weighted by Gasteiger charge is -2.06. The topological polar surface area (TPSA) is 44.0 Å². The Morgan fingerprint density at radius 2 is 2.06 bits per heavy atom. The van der Waals surface area contributed by atoms with Crippen molar-refractivity contribution < 1.29 is 0 Å². The Morgan fingerprint density at radius 1 is 1.28 bits per heavy atom. The molecule has 18 heavy (non-hydrogen) atoms. The first-order valence-corrected chi connectivity index (χ1v) is 5.94. The van der Waals surface area contributed by atoms with Crippen LogP contribution in [0.15, 0.2) is 50.6 Å². The number of hydrogen-bond donors (Lipinski definition) is 0. The minimum absolute atomic E-state index is 0.361. The summed E-state index contributed by atoms with van der Waals surface area (Å²) in [5.74, 6) is 0. The lowest BCUT2D eigenvalue weighted by atomic mass is 10.2. The summed E-state index contributed by atoms with van der Waals surface area (Å²) in [6.45, 7) is 0.361. The summed E-state index contributed by atoms with van der Waals surface area (Å²) >= 11 is 3.36. The fourth-order valence-corrected chi connectivity index (χ4v) is 2.03. The molecule has 0 aliphatic heterocycles. The highest BCUT2D eigenvalue weighted by Gasteiger charge is 2.03. The number of terminal acetylenes is 1. The average molecular weight is 305 g/mol. The van der Waals surface area contributed by atoms with Gasteiger partial charge in [-0.15, -0.1) is 0 Å². The molecule has 4 nitrogen and oxygen atoms in total. The summed E-state index contributed by atoms with van der Waals surface area (Å²) in [7, 11) is 0. The normalized spacial score (nSPS) is 10.0. The van der Waals surface area contributed by atoms with E-state index in [2.05, 4.69) is 22.0 Å². The van der Waals surface area contributed by atoms with Crippen molar-refractivity contribution in [2.24, 2.45) is 0 Å². The standard InChI is InChI=1S/C13H9BrN2O2/c1-2-16-12(17)6-7-15(13(16)18)9-10-4-3-5-11(14)8-10/h1,3-8H,9H2. The summed E-state index contributed by atoms with van der Waals surface area (Å²) in [4.78, 5) is 23.2. The molecule has 0 spiro atoms. The third-order valence-electron chi connectivity index (χ3n) is 2.43. The van der Waals surface area contributed by atoms with Gasteiger partial charge in [-0.1, -0.05) is 34.5 Å². The van der Waals surface area contributed by atoms with Gasteiger partial charge in [0.25, 0.3) is 5.56 Å². The van der Waals surface area contributed by atoms with E-state index < -0.39 is 11.2 Å². The smallest absolute Gasteiger partial charge is 0.295 e. The molecule has 2 rings (SSSR count). The molecule has 0 bridgehead atoms. The van der Waals surface area contributed by atoms with Crippen molar-refractivity contribution in [2.45, 2.75) is 6.54 Å². The largest absolute Gasteiger partial charge is 0.343 e. The zero-order valence-electron chi connectivity index (χ0n) is 9.34. The first kappa shape index (κ1) is 12.4. The van der Waals surface area contributed by atoms with E-state index in [0.717, 1.165) is 14.6 Å². The third kappa shape index (κ3) is 2.44. The SMILES string of the molecule is C#Cn1c(=O)ccn(Cc2cccc(Br)c2)c1=O. The highest BCUT2D eigenvalue weighted by Crippen LogP contribution is 2.11. The van der Waals surface area contributed by atoms with Crippen LogP contribution in [0.5, 0.6) is 0 Å². The third-order valence-corrected chi connectivity index (χ3v) is 2.92. The number of benzene rings is 1. The molecule has 1 aromatic heterocycles. The van der Waals surface area contributed by atoms with Crippen molar-refractivity contribution in [3.8, 4) is 12.5 Å². The van der Waals surface area contributed by atoms with Gasteiger partial charge >= 0.3 is 5.69 Å². The Bertz CT molecular complexity index is 738. The van der Waals surface area contributed by atoms with Crippen molar-refractivity contribution in [3.05, 3.63) is 67.4 Å². The minimum atomic E-state index is -0.509. The maximum absolute atomic E-state index is 11.9. The zero-order chi connectivity index (χ0) is 13.1. The number of halogens is 1. The van der Waals surface area contributed by atoms with Gasteiger partial charge in [-0.2, -0.15) is 4.57 Å². The maximum Gasteiger partial charge on any atom is 0.343 e. The Labute approximate surface area is 112 Å². The van der Waals surface area contributed by atoms with Crippen LogP contribution >= 0.6 is 15.9 Å². The van der Waals surface area contributed by atoms with Crippen LogP contribution in [0.2, 0.25) is 0 Å². The molecule has 0 atom stereocenters.